The molecule has 1 aromatic heterocycles. The van der Waals surface area contributed by atoms with Crippen LogP contribution < -0.4 is 5.43 Å². The molecule has 3 aromatic rings. The van der Waals surface area contributed by atoms with Gasteiger partial charge in [-0.25, -0.2) is 9.99 Å². The van der Waals surface area contributed by atoms with Crippen molar-refractivity contribution in [2.24, 2.45) is 0 Å². The molecule has 4 rings (SSSR count). The maximum atomic E-state index is 12.4. The molecular weight excluding hydrogens is 404 g/mol. The molecule has 0 bridgehead atoms. The monoisotopic (exact) mass is 418 g/mol. The fourth-order valence-electron chi connectivity index (χ4n) is 2.72. The number of fused-ring (bicyclic) bond motifs is 1. The molecule has 1 aliphatic heterocycles. The van der Waals surface area contributed by atoms with E-state index in [0.29, 0.717) is 15.9 Å². The molecular formula is C18H15ClN4O2S2. The van der Waals surface area contributed by atoms with E-state index in [9.17, 15) is 9.59 Å². The van der Waals surface area contributed by atoms with Crippen LogP contribution in [-0.4, -0.2) is 38.3 Å². The quantitative estimate of drug-likeness (QED) is 0.619. The molecule has 2 aromatic carbocycles. The molecule has 1 unspecified atom stereocenters. The molecule has 0 radical (unpaired) electrons. The lowest BCUT2D eigenvalue weighted by Gasteiger charge is -2.24. The fraction of sp³-hybridized carbons (Fsp3) is 0.167. The Morgan fingerprint density at radius 3 is 2.85 bits per heavy atom. The van der Waals surface area contributed by atoms with Crippen molar-refractivity contribution in [3.8, 4) is 0 Å². The van der Waals surface area contributed by atoms with Crippen LogP contribution in [0.3, 0.4) is 0 Å². The highest BCUT2D eigenvalue weighted by Crippen LogP contribution is 2.37. The van der Waals surface area contributed by atoms with Crippen LogP contribution in [-0.2, 0) is 9.59 Å². The van der Waals surface area contributed by atoms with Gasteiger partial charge < -0.3 is 4.98 Å². The number of thioether (sulfide) groups is 2. The van der Waals surface area contributed by atoms with Gasteiger partial charge in [0, 0.05) is 5.02 Å². The first-order valence-corrected chi connectivity index (χ1v) is 10.6. The predicted molar refractivity (Wildman–Crippen MR) is 108 cm³/mol. The number of halogens is 1. The van der Waals surface area contributed by atoms with Crippen LogP contribution in [0.2, 0.25) is 5.02 Å². The number of H-pyrrole nitrogens is 1. The Balaban J connectivity index is 1.39. The minimum absolute atomic E-state index is 0.123. The Morgan fingerprint density at radius 2 is 2.07 bits per heavy atom. The Bertz CT molecular complexity index is 959. The Hall–Kier alpha value is -2.16. The van der Waals surface area contributed by atoms with E-state index < -0.39 is 0 Å². The van der Waals surface area contributed by atoms with Crippen molar-refractivity contribution < 1.29 is 9.59 Å². The van der Waals surface area contributed by atoms with E-state index in [1.165, 1.54) is 28.5 Å². The summed E-state index contributed by atoms with van der Waals surface area (Å²) in [5.41, 5.74) is 5.42. The van der Waals surface area contributed by atoms with Gasteiger partial charge in [-0.05, 0) is 29.8 Å². The molecule has 1 aliphatic rings. The van der Waals surface area contributed by atoms with Gasteiger partial charge in [-0.3, -0.25) is 15.0 Å². The molecule has 2 N–H and O–H groups in total. The first-order chi connectivity index (χ1) is 13.1. The molecule has 2 amide bonds. The first kappa shape index (κ1) is 18.2. The normalized spacial score (nSPS) is 16.9. The number of nitrogens with zero attached hydrogens (tertiary/aromatic N) is 2. The number of para-hydroxylation sites is 2. The first-order valence-electron chi connectivity index (χ1n) is 8.16. The van der Waals surface area contributed by atoms with E-state index in [2.05, 4.69) is 15.4 Å². The van der Waals surface area contributed by atoms with E-state index >= 15 is 0 Å². The predicted octanol–water partition coefficient (Wildman–Crippen LogP) is 3.61. The van der Waals surface area contributed by atoms with Crippen LogP contribution in [0.1, 0.15) is 10.9 Å². The summed E-state index contributed by atoms with van der Waals surface area (Å²) in [5, 5.41) is 2.44. The van der Waals surface area contributed by atoms with Crippen molar-refractivity contribution in [2.75, 3.05) is 11.5 Å². The van der Waals surface area contributed by atoms with Gasteiger partial charge in [0.2, 0.25) is 5.91 Å². The number of carbonyl (C=O) groups excluding carboxylic acids is 2. The Kier molecular flexibility index (Phi) is 5.29. The van der Waals surface area contributed by atoms with Gasteiger partial charge in [0.05, 0.1) is 22.5 Å². The van der Waals surface area contributed by atoms with Crippen LogP contribution in [0.4, 0.5) is 0 Å². The third kappa shape index (κ3) is 4.07. The molecule has 27 heavy (non-hydrogen) atoms. The summed E-state index contributed by atoms with van der Waals surface area (Å²) in [5.74, 6) is 0.101. The van der Waals surface area contributed by atoms with E-state index in [1.54, 1.807) is 12.1 Å². The number of carbonyl (C=O) groups is 2. The number of amides is 2. The van der Waals surface area contributed by atoms with Crippen molar-refractivity contribution in [1.82, 2.24) is 20.4 Å². The summed E-state index contributed by atoms with van der Waals surface area (Å²) in [6, 6.07) is 15.0. The lowest BCUT2D eigenvalue weighted by atomic mass is 10.2. The minimum atomic E-state index is -0.255. The smallest absolute Gasteiger partial charge is 0.252 e. The number of aromatic nitrogens is 2. The summed E-state index contributed by atoms with van der Waals surface area (Å²) in [6.07, 6.45) is 0. The molecule has 0 aliphatic carbocycles. The molecule has 6 nitrogen and oxygen atoms in total. The molecule has 0 saturated carbocycles. The number of nitrogens with one attached hydrogen (secondary N) is 2. The summed E-state index contributed by atoms with van der Waals surface area (Å²) in [6.45, 7) is 0. The third-order valence-corrected chi connectivity index (χ3v) is 6.31. The number of hydrazine groups is 1. The van der Waals surface area contributed by atoms with Crippen LogP contribution in [0.15, 0.2) is 53.7 Å². The van der Waals surface area contributed by atoms with Gasteiger partial charge in [-0.15, -0.1) is 11.8 Å². The standard InChI is InChI=1S/C18H15ClN4O2S2/c19-12-7-5-11(6-8-12)17-23(16(25)10-26-17)22-15(24)9-27-18-20-13-3-1-2-4-14(13)21-18/h1-8,17H,9-10H2,(H,20,21)(H,22,24). The van der Waals surface area contributed by atoms with Gasteiger partial charge in [0.25, 0.3) is 5.91 Å². The van der Waals surface area contributed by atoms with Crippen molar-refractivity contribution in [3.05, 3.63) is 59.1 Å². The largest absolute Gasteiger partial charge is 0.333 e. The zero-order valence-corrected chi connectivity index (χ0v) is 16.4. The molecule has 9 heteroatoms. The zero-order valence-electron chi connectivity index (χ0n) is 14.0. The molecule has 1 fully saturated rings. The number of imidazole rings is 1. The Labute approximate surface area is 169 Å². The lowest BCUT2D eigenvalue weighted by Crippen LogP contribution is -2.45. The Morgan fingerprint density at radius 1 is 1.30 bits per heavy atom. The average molecular weight is 419 g/mol. The van der Waals surface area contributed by atoms with Crippen LogP contribution in [0, 0.1) is 0 Å². The van der Waals surface area contributed by atoms with Crippen LogP contribution in [0.25, 0.3) is 11.0 Å². The molecule has 1 saturated heterocycles. The van der Waals surface area contributed by atoms with E-state index in [0.717, 1.165) is 16.6 Å². The summed E-state index contributed by atoms with van der Waals surface area (Å²) < 4.78 is 0. The summed E-state index contributed by atoms with van der Waals surface area (Å²) in [4.78, 5) is 32.2. The molecule has 138 valence electrons. The van der Waals surface area contributed by atoms with E-state index in [-0.39, 0.29) is 22.9 Å². The second-order valence-electron chi connectivity index (χ2n) is 5.86. The highest BCUT2D eigenvalue weighted by Gasteiger charge is 2.34. The average Bonchev–Trinajstić information content (AvgIpc) is 3.24. The molecule has 2 heterocycles. The van der Waals surface area contributed by atoms with Gasteiger partial charge in [0.15, 0.2) is 5.16 Å². The topological polar surface area (TPSA) is 78.1 Å². The van der Waals surface area contributed by atoms with E-state index in [1.807, 2.05) is 36.4 Å². The zero-order chi connectivity index (χ0) is 18.8. The second-order valence-corrected chi connectivity index (χ2v) is 8.33. The van der Waals surface area contributed by atoms with Crippen LogP contribution in [0.5, 0.6) is 0 Å². The number of benzene rings is 2. The maximum Gasteiger partial charge on any atom is 0.252 e. The fourth-order valence-corrected chi connectivity index (χ4v) is 4.63. The number of rotatable bonds is 5. The highest BCUT2D eigenvalue weighted by atomic mass is 35.5. The van der Waals surface area contributed by atoms with Gasteiger partial charge in [-0.1, -0.05) is 47.6 Å². The van der Waals surface area contributed by atoms with Gasteiger partial charge in [0.1, 0.15) is 5.37 Å². The van der Waals surface area contributed by atoms with Gasteiger partial charge >= 0.3 is 0 Å². The van der Waals surface area contributed by atoms with Crippen molar-refractivity contribution in [3.63, 3.8) is 0 Å². The van der Waals surface area contributed by atoms with E-state index in [4.69, 9.17) is 11.6 Å². The molecule has 0 spiro atoms. The minimum Gasteiger partial charge on any atom is -0.333 e. The van der Waals surface area contributed by atoms with Crippen molar-refractivity contribution in [1.29, 1.82) is 0 Å². The summed E-state index contributed by atoms with van der Waals surface area (Å²) in [7, 11) is 0. The van der Waals surface area contributed by atoms with Gasteiger partial charge in [-0.2, -0.15) is 0 Å². The molecule has 1 atom stereocenters. The van der Waals surface area contributed by atoms with Crippen LogP contribution >= 0.6 is 35.1 Å². The lowest BCUT2D eigenvalue weighted by molar-refractivity contribution is -0.138. The number of hydrogen-bond donors (Lipinski definition) is 2. The number of aromatic amines is 1. The second kappa shape index (κ2) is 7.84. The van der Waals surface area contributed by atoms with Crippen molar-refractivity contribution in [2.45, 2.75) is 10.5 Å². The number of hydrogen-bond acceptors (Lipinski definition) is 5. The maximum absolute atomic E-state index is 12.4. The SMILES string of the molecule is O=C(CSc1nc2ccccc2[nH]1)NN1C(=O)CSC1c1ccc(Cl)cc1. The van der Waals surface area contributed by atoms with Crippen molar-refractivity contribution >= 4 is 58.0 Å². The summed E-state index contributed by atoms with van der Waals surface area (Å²) >= 11 is 8.69. The highest BCUT2D eigenvalue weighted by molar-refractivity contribution is 8.00. The third-order valence-electron chi connectivity index (χ3n) is 3.98.